The van der Waals surface area contributed by atoms with Crippen molar-refractivity contribution < 1.29 is 8.78 Å². The summed E-state index contributed by atoms with van der Waals surface area (Å²) in [6.07, 6.45) is 0.487. The van der Waals surface area contributed by atoms with Crippen molar-refractivity contribution in [1.82, 2.24) is 4.98 Å². The van der Waals surface area contributed by atoms with Crippen molar-refractivity contribution >= 4 is 5.69 Å². The number of anilines is 1. The van der Waals surface area contributed by atoms with Gasteiger partial charge in [-0.25, -0.2) is 8.78 Å². The zero-order chi connectivity index (χ0) is 9.68. The summed E-state index contributed by atoms with van der Waals surface area (Å²) < 4.78 is 24.3. The third-order valence-corrected chi connectivity index (χ3v) is 1.46. The van der Waals surface area contributed by atoms with Crippen molar-refractivity contribution in [3.63, 3.8) is 0 Å². The highest BCUT2D eigenvalue weighted by atomic mass is 19.3. The highest BCUT2D eigenvalue weighted by molar-refractivity contribution is 5.43. The molecule has 13 heavy (non-hydrogen) atoms. The first-order chi connectivity index (χ1) is 6.24. The van der Waals surface area contributed by atoms with Crippen LogP contribution >= 0.6 is 0 Å². The molecule has 0 amide bonds. The fourth-order valence-corrected chi connectivity index (χ4v) is 0.868. The van der Waals surface area contributed by atoms with Crippen LogP contribution in [0.4, 0.5) is 14.5 Å². The van der Waals surface area contributed by atoms with Crippen molar-refractivity contribution in [1.29, 1.82) is 0 Å². The van der Waals surface area contributed by atoms with E-state index in [0.717, 1.165) is 0 Å². The van der Waals surface area contributed by atoms with Crippen molar-refractivity contribution in [2.75, 3.05) is 11.9 Å². The number of halogens is 2. The van der Waals surface area contributed by atoms with E-state index in [1.165, 1.54) is 12.3 Å². The molecule has 0 saturated carbocycles. The van der Waals surface area contributed by atoms with E-state index in [1.54, 1.807) is 12.1 Å². The molecule has 0 saturated heterocycles. The number of pyridine rings is 1. The molecule has 1 rings (SSSR count). The van der Waals surface area contributed by atoms with E-state index >= 15 is 0 Å². The van der Waals surface area contributed by atoms with E-state index in [4.69, 9.17) is 0 Å². The maximum Gasteiger partial charge on any atom is 0.280 e. The van der Waals surface area contributed by atoms with Gasteiger partial charge in [0.2, 0.25) is 0 Å². The molecule has 70 valence electrons. The van der Waals surface area contributed by atoms with Gasteiger partial charge < -0.3 is 5.32 Å². The van der Waals surface area contributed by atoms with E-state index in [2.05, 4.69) is 16.9 Å². The van der Waals surface area contributed by atoms with Crippen LogP contribution < -0.4 is 5.32 Å². The van der Waals surface area contributed by atoms with Gasteiger partial charge >= 0.3 is 0 Å². The Morgan fingerprint density at radius 2 is 2.38 bits per heavy atom. The molecule has 0 atom stereocenters. The summed E-state index contributed by atoms with van der Waals surface area (Å²) in [4.78, 5) is 3.53. The number of nitrogens with zero attached hydrogens (tertiary/aromatic N) is 1. The van der Waals surface area contributed by atoms with E-state index in [0.29, 0.717) is 12.2 Å². The lowest BCUT2D eigenvalue weighted by atomic mass is 10.3. The predicted octanol–water partition coefficient (Wildman–Crippen LogP) is 2.62. The van der Waals surface area contributed by atoms with Crippen LogP contribution in [-0.2, 0) is 0 Å². The average molecular weight is 184 g/mol. The second-order valence-electron chi connectivity index (χ2n) is 2.44. The van der Waals surface area contributed by atoms with Crippen LogP contribution in [0.15, 0.2) is 31.0 Å². The summed E-state index contributed by atoms with van der Waals surface area (Å²) in [5, 5.41) is 2.90. The molecule has 1 aromatic heterocycles. The molecule has 0 bridgehead atoms. The topological polar surface area (TPSA) is 24.9 Å². The molecule has 0 radical (unpaired) electrons. The van der Waals surface area contributed by atoms with Crippen LogP contribution in [-0.4, -0.2) is 11.5 Å². The minimum Gasteiger partial charge on any atom is -0.381 e. The highest BCUT2D eigenvalue weighted by Gasteiger charge is 2.07. The molecule has 0 spiro atoms. The molecule has 1 heterocycles. The zero-order valence-electron chi connectivity index (χ0n) is 7.00. The Hall–Kier alpha value is -1.45. The maximum atomic E-state index is 12.2. The van der Waals surface area contributed by atoms with Gasteiger partial charge in [0.05, 0.1) is 0 Å². The second-order valence-corrected chi connectivity index (χ2v) is 2.44. The van der Waals surface area contributed by atoms with Crippen LogP contribution in [0.3, 0.4) is 0 Å². The van der Waals surface area contributed by atoms with Gasteiger partial charge in [-0.2, -0.15) is 0 Å². The summed E-state index contributed by atoms with van der Waals surface area (Å²) in [6.45, 7) is 4.06. The van der Waals surface area contributed by atoms with E-state index < -0.39 is 6.43 Å². The maximum absolute atomic E-state index is 12.2. The van der Waals surface area contributed by atoms with Gasteiger partial charge in [0.1, 0.15) is 5.69 Å². The zero-order valence-corrected chi connectivity index (χ0v) is 7.00. The molecule has 0 aromatic carbocycles. The van der Waals surface area contributed by atoms with Gasteiger partial charge in [0, 0.05) is 18.4 Å². The first-order valence-electron chi connectivity index (χ1n) is 3.83. The van der Waals surface area contributed by atoms with Crippen LogP contribution in [0.2, 0.25) is 0 Å². The molecular weight excluding hydrogens is 174 g/mol. The van der Waals surface area contributed by atoms with Crippen molar-refractivity contribution in [2.45, 2.75) is 6.43 Å². The first-order valence-corrected chi connectivity index (χ1v) is 3.83. The Balaban J connectivity index is 2.73. The van der Waals surface area contributed by atoms with E-state index in [-0.39, 0.29) is 5.69 Å². The largest absolute Gasteiger partial charge is 0.381 e. The third kappa shape index (κ3) is 2.82. The molecule has 0 aliphatic rings. The Morgan fingerprint density at radius 1 is 1.62 bits per heavy atom. The Labute approximate surface area is 75.3 Å². The number of nitrogens with one attached hydrogen (secondary N) is 1. The van der Waals surface area contributed by atoms with Gasteiger partial charge in [-0.15, -0.1) is 6.58 Å². The quantitative estimate of drug-likeness (QED) is 0.727. The van der Waals surface area contributed by atoms with Gasteiger partial charge in [-0.1, -0.05) is 6.08 Å². The minimum absolute atomic E-state index is 0.214. The lowest BCUT2D eigenvalue weighted by Gasteiger charge is -2.04. The van der Waals surface area contributed by atoms with E-state index in [9.17, 15) is 8.78 Å². The molecule has 0 aliphatic heterocycles. The molecule has 0 unspecified atom stereocenters. The molecule has 2 nitrogen and oxygen atoms in total. The van der Waals surface area contributed by atoms with Gasteiger partial charge in [0.25, 0.3) is 6.43 Å². The molecule has 4 heteroatoms. The summed E-state index contributed by atoms with van der Waals surface area (Å²) in [7, 11) is 0. The smallest absolute Gasteiger partial charge is 0.280 e. The lowest BCUT2D eigenvalue weighted by Crippen LogP contribution is -1.99. The standard InChI is InChI=1S/C9H10F2N2/c1-2-4-12-7-3-5-13-8(6-7)9(10)11/h2-3,5-6,9H,1,4H2,(H,12,13). The third-order valence-electron chi connectivity index (χ3n) is 1.46. The van der Waals surface area contributed by atoms with Gasteiger partial charge in [-0.3, -0.25) is 4.98 Å². The number of aromatic nitrogens is 1. The first kappa shape index (κ1) is 9.64. The van der Waals surface area contributed by atoms with Gasteiger partial charge in [0.15, 0.2) is 0 Å². The van der Waals surface area contributed by atoms with Crippen LogP contribution in [0, 0.1) is 0 Å². The fourth-order valence-electron chi connectivity index (χ4n) is 0.868. The summed E-state index contributed by atoms with van der Waals surface area (Å²) in [6, 6.07) is 2.96. The molecule has 1 N–H and O–H groups in total. The van der Waals surface area contributed by atoms with Crippen LogP contribution in [0.1, 0.15) is 12.1 Å². The molecular formula is C9H10F2N2. The monoisotopic (exact) mass is 184 g/mol. The van der Waals surface area contributed by atoms with Gasteiger partial charge in [-0.05, 0) is 12.1 Å². The summed E-state index contributed by atoms with van der Waals surface area (Å²) in [5.41, 5.74) is 0.416. The van der Waals surface area contributed by atoms with Crippen molar-refractivity contribution in [3.8, 4) is 0 Å². The molecule has 0 aliphatic carbocycles. The Kier molecular flexibility index (Phi) is 3.37. The number of alkyl halides is 2. The fraction of sp³-hybridized carbons (Fsp3) is 0.222. The number of rotatable bonds is 4. The number of hydrogen-bond acceptors (Lipinski definition) is 2. The second kappa shape index (κ2) is 4.54. The van der Waals surface area contributed by atoms with Crippen LogP contribution in [0.25, 0.3) is 0 Å². The summed E-state index contributed by atoms with van der Waals surface area (Å²) in [5.74, 6) is 0. The summed E-state index contributed by atoms with van der Waals surface area (Å²) >= 11 is 0. The highest BCUT2D eigenvalue weighted by Crippen LogP contribution is 2.18. The number of hydrogen-bond donors (Lipinski definition) is 1. The SMILES string of the molecule is C=CCNc1ccnc(C(F)F)c1. The molecule has 0 fully saturated rings. The normalized spacial score (nSPS) is 10.1. The lowest BCUT2D eigenvalue weighted by molar-refractivity contribution is 0.146. The van der Waals surface area contributed by atoms with E-state index in [1.807, 2.05) is 0 Å². The average Bonchev–Trinajstić information content (AvgIpc) is 2.15. The predicted molar refractivity (Wildman–Crippen MR) is 47.9 cm³/mol. The minimum atomic E-state index is -2.52. The Morgan fingerprint density at radius 3 is 3.00 bits per heavy atom. The van der Waals surface area contributed by atoms with Crippen molar-refractivity contribution in [2.24, 2.45) is 0 Å². The van der Waals surface area contributed by atoms with Crippen molar-refractivity contribution in [3.05, 3.63) is 36.7 Å². The van der Waals surface area contributed by atoms with Crippen LogP contribution in [0.5, 0.6) is 0 Å². The molecule has 1 aromatic rings. The Bertz CT molecular complexity index is 287.